The van der Waals surface area contributed by atoms with Gasteiger partial charge < -0.3 is 21.3 Å². The maximum Gasteiger partial charge on any atom is 0.226 e. The van der Waals surface area contributed by atoms with E-state index in [1.807, 2.05) is 30.3 Å². The van der Waals surface area contributed by atoms with Gasteiger partial charge in [0.25, 0.3) is 0 Å². The predicted molar refractivity (Wildman–Crippen MR) is 142 cm³/mol. The van der Waals surface area contributed by atoms with Crippen LogP contribution in [0.15, 0.2) is 30.3 Å². The number of halogens is 1. The smallest absolute Gasteiger partial charge is 0.226 e. The summed E-state index contributed by atoms with van der Waals surface area (Å²) in [4.78, 5) is 33.6. The summed E-state index contributed by atoms with van der Waals surface area (Å²) in [6.45, 7) is 3.64. The number of anilines is 2. The predicted octanol–water partition coefficient (Wildman–Crippen LogP) is 4.09. The van der Waals surface area contributed by atoms with Gasteiger partial charge in [0.1, 0.15) is 11.6 Å². The summed E-state index contributed by atoms with van der Waals surface area (Å²) in [5.41, 5.74) is 0.722. The summed E-state index contributed by atoms with van der Waals surface area (Å²) in [5.74, 6) is 4.32. The first kappa shape index (κ1) is 24.8. The number of carbonyl (C=O) groups excluding carboxylic acids is 2. The van der Waals surface area contributed by atoms with Gasteiger partial charge in [-0.05, 0) is 80.5 Å². The standard InChI is InChI=1S/C27H35ClN6O2/c1-17(35)29-6-7-30-23-13-24(34-25(33-23)21-2-4-22(28)5-3-21)31-8-9-32-26(36)27-14-18-10-19(15-27)12-20(11-18)16-27/h2-5,13,18-20H,6-12,14-16H2,1H3,(H,29,35)(H,32,36)(H2,30,31,33,34). The molecule has 6 rings (SSSR count). The minimum Gasteiger partial charge on any atom is -0.368 e. The summed E-state index contributed by atoms with van der Waals surface area (Å²) in [6.07, 6.45) is 7.21. The maximum atomic E-state index is 13.2. The fraction of sp³-hybridized carbons (Fsp3) is 0.556. The monoisotopic (exact) mass is 510 g/mol. The highest BCUT2D eigenvalue weighted by atomic mass is 35.5. The molecular formula is C27H35ClN6O2. The Kier molecular flexibility index (Phi) is 7.32. The fourth-order valence-corrected chi connectivity index (χ4v) is 6.85. The van der Waals surface area contributed by atoms with Crippen molar-refractivity contribution in [1.82, 2.24) is 20.6 Å². The molecule has 0 aliphatic heterocycles. The fourth-order valence-electron chi connectivity index (χ4n) is 6.73. The van der Waals surface area contributed by atoms with E-state index in [2.05, 4.69) is 31.2 Å². The molecule has 4 aliphatic carbocycles. The number of benzene rings is 1. The zero-order valence-electron chi connectivity index (χ0n) is 20.8. The molecule has 4 fully saturated rings. The molecule has 4 bridgehead atoms. The summed E-state index contributed by atoms with van der Waals surface area (Å²) in [5, 5.41) is 13.2. The third kappa shape index (κ3) is 5.75. The number of rotatable bonds is 10. The van der Waals surface area contributed by atoms with Crippen LogP contribution in [-0.4, -0.2) is 48.0 Å². The molecule has 1 aromatic heterocycles. The van der Waals surface area contributed by atoms with Crippen LogP contribution in [0, 0.1) is 23.2 Å². The van der Waals surface area contributed by atoms with E-state index in [9.17, 15) is 9.59 Å². The van der Waals surface area contributed by atoms with Crippen molar-refractivity contribution in [2.75, 3.05) is 36.8 Å². The zero-order valence-corrected chi connectivity index (χ0v) is 21.5. The van der Waals surface area contributed by atoms with Crippen molar-refractivity contribution in [2.45, 2.75) is 45.4 Å². The van der Waals surface area contributed by atoms with Crippen LogP contribution in [0.25, 0.3) is 11.4 Å². The van der Waals surface area contributed by atoms with E-state index in [1.165, 1.54) is 26.2 Å². The molecule has 1 heterocycles. The van der Waals surface area contributed by atoms with Crippen LogP contribution in [0.1, 0.15) is 45.4 Å². The normalized spacial score (nSPS) is 25.9. The van der Waals surface area contributed by atoms with Gasteiger partial charge in [-0.2, -0.15) is 0 Å². The van der Waals surface area contributed by atoms with Gasteiger partial charge in [0, 0.05) is 55.2 Å². The Morgan fingerprint density at radius 1 is 0.861 bits per heavy atom. The number of nitrogens with zero attached hydrogens (tertiary/aromatic N) is 2. The molecular weight excluding hydrogens is 476 g/mol. The van der Waals surface area contributed by atoms with E-state index in [0.29, 0.717) is 48.7 Å². The second-order valence-corrected chi connectivity index (χ2v) is 11.2. The first-order chi connectivity index (χ1) is 17.4. The van der Waals surface area contributed by atoms with Gasteiger partial charge in [0.2, 0.25) is 11.8 Å². The first-order valence-corrected chi connectivity index (χ1v) is 13.4. The van der Waals surface area contributed by atoms with Gasteiger partial charge in [-0.3, -0.25) is 9.59 Å². The number of nitrogens with one attached hydrogen (secondary N) is 4. The largest absolute Gasteiger partial charge is 0.368 e. The summed E-state index contributed by atoms with van der Waals surface area (Å²) < 4.78 is 0. The van der Waals surface area contributed by atoms with E-state index in [1.54, 1.807) is 0 Å². The molecule has 0 spiro atoms. The van der Waals surface area contributed by atoms with Crippen LogP contribution < -0.4 is 21.3 Å². The zero-order chi connectivity index (χ0) is 25.1. The quantitative estimate of drug-likeness (QED) is 0.358. The third-order valence-corrected chi connectivity index (χ3v) is 8.12. The van der Waals surface area contributed by atoms with Crippen molar-refractivity contribution in [1.29, 1.82) is 0 Å². The van der Waals surface area contributed by atoms with Crippen LogP contribution in [0.3, 0.4) is 0 Å². The summed E-state index contributed by atoms with van der Waals surface area (Å²) in [7, 11) is 0. The Balaban J connectivity index is 1.20. The molecule has 2 amide bonds. The lowest BCUT2D eigenvalue weighted by Crippen LogP contribution is -2.54. The second kappa shape index (κ2) is 10.6. The van der Waals surface area contributed by atoms with Gasteiger partial charge in [0.15, 0.2) is 5.82 Å². The van der Waals surface area contributed by atoms with Gasteiger partial charge in [-0.25, -0.2) is 9.97 Å². The van der Waals surface area contributed by atoms with Crippen molar-refractivity contribution in [2.24, 2.45) is 23.2 Å². The van der Waals surface area contributed by atoms with Crippen LogP contribution in [-0.2, 0) is 9.59 Å². The molecule has 4 N–H and O–H groups in total. The molecule has 4 saturated carbocycles. The highest BCUT2D eigenvalue weighted by molar-refractivity contribution is 6.30. The number of hydrogen-bond donors (Lipinski definition) is 4. The molecule has 192 valence electrons. The average molecular weight is 511 g/mol. The van der Waals surface area contributed by atoms with Gasteiger partial charge >= 0.3 is 0 Å². The summed E-state index contributed by atoms with van der Waals surface area (Å²) in [6, 6.07) is 9.23. The highest BCUT2D eigenvalue weighted by Crippen LogP contribution is 2.60. The minimum atomic E-state index is -0.129. The van der Waals surface area contributed by atoms with Crippen LogP contribution in [0.4, 0.5) is 11.6 Å². The maximum absolute atomic E-state index is 13.2. The molecule has 0 atom stereocenters. The number of hydrogen-bond acceptors (Lipinski definition) is 6. The number of aromatic nitrogens is 2. The Labute approximate surface area is 217 Å². The van der Waals surface area contributed by atoms with E-state index >= 15 is 0 Å². The van der Waals surface area contributed by atoms with Crippen molar-refractivity contribution in [3.8, 4) is 11.4 Å². The van der Waals surface area contributed by atoms with E-state index in [-0.39, 0.29) is 17.2 Å². The molecule has 4 aliphatic rings. The van der Waals surface area contributed by atoms with Crippen molar-refractivity contribution >= 4 is 35.1 Å². The Hall–Kier alpha value is -2.87. The van der Waals surface area contributed by atoms with E-state index in [0.717, 1.165) is 42.6 Å². The van der Waals surface area contributed by atoms with E-state index < -0.39 is 0 Å². The molecule has 8 nitrogen and oxygen atoms in total. The van der Waals surface area contributed by atoms with Gasteiger partial charge in [0.05, 0.1) is 0 Å². The molecule has 0 radical (unpaired) electrons. The van der Waals surface area contributed by atoms with Crippen LogP contribution >= 0.6 is 11.6 Å². The van der Waals surface area contributed by atoms with Crippen LogP contribution in [0.5, 0.6) is 0 Å². The Morgan fingerprint density at radius 3 is 1.92 bits per heavy atom. The average Bonchev–Trinajstić information content (AvgIpc) is 2.84. The van der Waals surface area contributed by atoms with Crippen LogP contribution in [0.2, 0.25) is 5.02 Å². The molecule has 1 aromatic carbocycles. The molecule has 2 aromatic rings. The second-order valence-electron chi connectivity index (χ2n) is 10.8. The molecule has 9 heteroatoms. The lowest BCUT2D eigenvalue weighted by Gasteiger charge is -2.55. The van der Waals surface area contributed by atoms with Crippen molar-refractivity contribution < 1.29 is 9.59 Å². The Morgan fingerprint density at radius 2 is 1.39 bits per heavy atom. The van der Waals surface area contributed by atoms with Crippen molar-refractivity contribution in [3.63, 3.8) is 0 Å². The molecule has 0 saturated heterocycles. The Bertz CT molecular complexity index is 1070. The lowest BCUT2D eigenvalue weighted by atomic mass is 9.49. The number of carbonyl (C=O) groups is 2. The van der Waals surface area contributed by atoms with Gasteiger partial charge in [-0.15, -0.1) is 0 Å². The van der Waals surface area contributed by atoms with Gasteiger partial charge in [-0.1, -0.05) is 11.6 Å². The SMILES string of the molecule is CC(=O)NCCNc1cc(NCCNC(=O)C23CC4CC(CC(C4)C2)C3)nc(-c2ccc(Cl)cc2)n1. The number of amides is 2. The molecule has 0 unspecified atom stereocenters. The lowest BCUT2D eigenvalue weighted by molar-refractivity contribution is -0.146. The van der Waals surface area contributed by atoms with Crippen molar-refractivity contribution in [3.05, 3.63) is 35.4 Å². The summed E-state index contributed by atoms with van der Waals surface area (Å²) >= 11 is 6.05. The molecule has 36 heavy (non-hydrogen) atoms. The third-order valence-electron chi connectivity index (χ3n) is 7.87. The minimum absolute atomic E-state index is 0.0701. The van der Waals surface area contributed by atoms with E-state index in [4.69, 9.17) is 11.6 Å². The highest BCUT2D eigenvalue weighted by Gasteiger charge is 2.54. The first-order valence-electron chi connectivity index (χ1n) is 13.0. The topological polar surface area (TPSA) is 108 Å².